The molecule has 0 fully saturated rings. The number of anilines is 2. The van der Waals surface area contributed by atoms with Gasteiger partial charge in [-0.2, -0.15) is 0 Å². The summed E-state index contributed by atoms with van der Waals surface area (Å²) < 4.78 is 27.9. The van der Waals surface area contributed by atoms with E-state index in [4.69, 9.17) is 0 Å². The maximum absolute atomic E-state index is 12.7. The number of nitro groups is 1. The molecule has 30 heavy (non-hydrogen) atoms. The van der Waals surface area contributed by atoms with Gasteiger partial charge in [-0.25, -0.2) is 8.42 Å². The maximum Gasteiger partial charge on any atom is 0.271 e. The lowest BCUT2D eigenvalue weighted by Crippen LogP contribution is -2.15. The average Bonchev–Trinajstić information content (AvgIpc) is 2.70. The summed E-state index contributed by atoms with van der Waals surface area (Å²) in [5, 5.41) is 13.4. The highest BCUT2D eigenvalue weighted by Crippen LogP contribution is 2.22. The molecule has 1 amide bonds. The Balaban J connectivity index is 1.74. The lowest BCUT2D eigenvalue weighted by molar-refractivity contribution is -0.384. The van der Waals surface area contributed by atoms with E-state index < -0.39 is 20.9 Å². The van der Waals surface area contributed by atoms with E-state index in [1.54, 1.807) is 19.1 Å². The fraction of sp³-hybridized carbons (Fsp3) is 0.0952. The van der Waals surface area contributed by atoms with Gasteiger partial charge >= 0.3 is 0 Å². The van der Waals surface area contributed by atoms with Crippen LogP contribution in [0.2, 0.25) is 0 Å². The van der Waals surface area contributed by atoms with Gasteiger partial charge in [0.25, 0.3) is 21.6 Å². The molecule has 0 saturated carbocycles. The Morgan fingerprint density at radius 3 is 2.30 bits per heavy atom. The Bertz CT molecular complexity index is 1220. The Kier molecular flexibility index (Phi) is 5.84. The van der Waals surface area contributed by atoms with E-state index in [2.05, 4.69) is 10.0 Å². The van der Waals surface area contributed by atoms with Crippen molar-refractivity contribution in [3.05, 3.63) is 93.5 Å². The molecule has 0 aliphatic heterocycles. The number of carbonyl (C=O) groups excluding carboxylic acids is 1. The molecule has 0 spiro atoms. The van der Waals surface area contributed by atoms with Crippen LogP contribution in [0, 0.1) is 24.0 Å². The number of nitrogens with one attached hydrogen (secondary N) is 2. The molecule has 0 saturated heterocycles. The van der Waals surface area contributed by atoms with E-state index in [1.807, 2.05) is 13.0 Å². The number of sulfonamides is 1. The van der Waals surface area contributed by atoms with Crippen LogP contribution in [0.4, 0.5) is 17.1 Å². The molecular formula is C21H19N3O5S. The van der Waals surface area contributed by atoms with E-state index in [-0.39, 0.29) is 21.8 Å². The van der Waals surface area contributed by atoms with Crippen molar-refractivity contribution < 1.29 is 18.1 Å². The summed E-state index contributed by atoms with van der Waals surface area (Å²) in [5.41, 5.74) is 2.19. The van der Waals surface area contributed by atoms with Gasteiger partial charge in [0.1, 0.15) is 0 Å². The van der Waals surface area contributed by atoms with Crippen molar-refractivity contribution in [2.45, 2.75) is 18.7 Å². The van der Waals surface area contributed by atoms with Crippen molar-refractivity contribution >= 4 is 33.0 Å². The zero-order valence-electron chi connectivity index (χ0n) is 16.2. The Morgan fingerprint density at radius 2 is 1.63 bits per heavy atom. The van der Waals surface area contributed by atoms with Gasteiger partial charge < -0.3 is 5.32 Å². The number of hydrogen-bond acceptors (Lipinski definition) is 5. The molecule has 8 nitrogen and oxygen atoms in total. The highest BCUT2D eigenvalue weighted by Gasteiger charge is 2.17. The molecule has 3 rings (SSSR count). The quantitative estimate of drug-likeness (QED) is 0.452. The van der Waals surface area contributed by atoms with Gasteiger partial charge in [0.2, 0.25) is 0 Å². The van der Waals surface area contributed by atoms with E-state index >= 15 is 0 Å². The van der Waals surface area contributed by atoms with Crippen molar-refractivity contribution in [1.29, 1.82) is 0 Å². The van der Waals surface area contributed by atoms with Crippen LogP contribution in [-0.2, 0) is 10.0 Å². The Hall–Kier alpha value is -3.72. The predicted molar refractivity (Wildman–Crippen MR) is 114 cm³/mol. The number of benzene rings is 3. The summed E-state index contributed by atoms with van der Waals surface area (Å²) in [6, 6.07) is 16.7. The number of nitro benzene ring substituents is 1. The molecule has 0 unspecified atom stereocenters. The third kappa shape index (κ3) is 4.81. The second-order valence-corrected chi connectivity index (χ2v) is 8.36. The molecule has 2 N–H and O–H groups in total. The van der Waals surface area contributed by atoms with Crippen LogP contribution in [-0.4, -0.2) is 19.2 Å². The molecule has 0 aliphatic carbocycles. The van der Waals surface area contributed by atoms with Crippen LogP contribution >= 0.6 is 0 Å². The Labute approximate surface area is 173 Å². The summed E-state index contributed by atoms with van der Waals surface area (Å²) in [5.74, 6) is -0.473. The van der Waals surface area contributed by atoms with Gasteiger partial charge in [0.15, 0.2) is 0 Å². The first-order valence-electron chi connectivity index (χ1n) is 8.92. The lowest BCUT2D eigenvalue weighted by Gasteiger charge is -2.12. The summed E-state index contributed by atoms with van der Waals surface area (Å²) in [4.78, 5) is 22.9. The fourth-order valence-corrected chi connectivity index (χ4v) is 4.19. The molecule has 3 aromatic carbocycles. The number of carbonyl (C=O) groups is 1. The van der Waals surface area contributed by atoms with Crippen molar-refractivity contribution in [2.75, 3.05) is 10.0 Å². The summed E-state index contributed by atoms with van der Waals surface area (Å²) >= 11 is 0. The monoisotopic (exact) mass is 425 g/mol. The first kappa shape index (κ1) is 21.0. The number of aryl methyl sites for hydroxylation is 2. The van der Waals surface area contributed by atoms with Gasteiger partial charge in [0.05, 0.1) is 9.82 Å². The zero-order chi connectivity index (χ0) is 21.9. The SMILES string of the molecule is Cc1ccc(C)c(S(=O)(=O)Nc2ccc(C(=O)Nc3cccc([N+](=O)[O-])c3)cc2)c1. The van der Waals surface area contributed by atoms with Gasteiger partial charge in [-0.15, -0.1) is 0 Å². The van der Waals surface area contributed by atoms with Gasteiger partial charge in [-0.05, 0) is 61.4 Å². The molecule has 0 bridgehead atoms. The smallest absolute Gasteiger partial charge is 0.271 e. The molecular weight excluding hydrogens is 406 g/mol. The van der Waals surface area contributed by atoms with E-state index in [0.29, 0.717) is 11.3 Å². The summed E-state index contributed by atoms with van der Waals surface area (Å²) in [6.45, 7) is 3.53. The van der Waals surface area contributed by atoms with E-state index in [9.17, 15) is 23.3 Å². The molecule has 0 aromatic heterocycles. The average molecular weight is 425 g/mol. The Morgan fingerprint density at radius 1 is 0.933 bits per heavy atom. The molecule has 0 atom stereocenters. The highest BCUT2D eigenvalue weighted by atomic mass is 32.2. The number of amides is 1. The second kappa shape index (κ2) is 8.34. The standard InChI is InChI=1S/C21H19N3O5S/c1-14-6-7-15(2)20(12-14)30(28,29)23-17-10-8-16(9-11-17)21(25)22-18-4-3-5-19(13-18)24(26)27/h3-13,23H,1-2H3,(H,22,25). The first-order chi connectivity index (χ1) is 14.2. The highest BCUT2D eigenvalue weighted by molar-refractivity contribution is 7.92. The van der Waals surface area contributed by atoms with Gasteiger partial charge in [-0.1, -0.05) is 18.2 Å². The van der Waals surface area contributed by atoms with Gasteiger partial charge in [0, 0.05) is 29.1 Å². The normalized spacial score (nSPS) is 11.0. The first-order valence-corrected chi connectivity index (χ1v) is 10.4. The largest absolute Gasteiger partial charge is 0.322 e. The zero-order valence-corrected chi connectivity index (χ0v) is 17.1. The van der Waals surface area contributed by atoms with Crippen LogP contribution in [0.15, 0.2) is 71.6 Å². The van der Waals surface area contributed by atoms with Crippen LogP contribution in [0.5, 0.6) is 0 Å². The minimum Gasteiger partial charge on any atom is -0.322 e. The van der Waals surface area contributed by atoms with E-state index in [1.165, 1.54) is 48.5 Å². The summed E-state index contributed by atoms with van der Waals surface area (Å²) in [6.07, 6.45) is 0. The topological polar surface area (TPSA) is 118 Å². The van der Waals surface area contributed by atoms with Crippen molar-refractivity contribution in [2.24, 2.45) is 0 Å². The fourth-order valence-electron chi connectivity index (χ4n) is 2.80. The van der Waals surface area contributed by atoms with Crippen molar-refractivity contribution in [1.82, 2.24) is 0 Å². The molecule has 9 heteroatoms. The summed E-state index contributed by atoms with van der Waals surface area (Å²) in [7, 11) is -3.78. The number of nitrogens with zero attached hydrogens (tertiary/aromatic N) is 1. The number of hydrogen-bond donors (Lipinski definition) is 2. The molecule has 0 aliphatic rings. The van der Waals surface area contributed by atoms with Crippen LogP contribution in [0.3, 0.4) is 0 Å². The minimum atomic E-state index is -3.78. The molecule has 154 valence electrons. The van der Waals surface area contributed by atoms with Crippen molar-refractivity contribution in [3.63, 3.8) is 0 Å². The van der Waals surface area contributed by atoms with E-state index in [0.717, 1.165) is 5.56 Å². The predicted octanol–water partition coefficient (Wildman–Crippen LogP) is 4.26. The minimum absolute atomic E-state index is 0.135. The third-order valence-electron chi connectivity index (χ3n) is 4.35. The number of non-ortho nitro benzene ring substituents is 1. The third-order valence-corrected chi connectivity index (χ3v) is 5.87. The number of rotatable bonds is 6. The van der Waals surface area contributed by atoms with Crippen LogP contribution in [0.25, 0.3) is 0 Å². The van der Waals surface area contributed by atoms with Crippen LogP contribution in [0.1, 0.15) is 21.5 Å². The maximum atomic E-state index is 12.7. The van der Waals surface area contributed by atoms with Gasteiger partial charge in [-0.3, -0.25) is 19.6 Å². The molecule has 0 heterocycles. The second-order valence-electron chi connectivity index (χ2n) is 6.71. The molecule has 3 aromatic rings. The lowest BCUT2D eigenvalue weighted by atomic mass is 10.2. The van der Waals surface area contributed by atoms with Crippen molar-refractivity contribution in [3.8, 4) is 0 Å². The molecule has 0 radical (unpaired) electrons. The van der Waals surface area contributed by atoms with Crippen LogP contribution < -0.4 is 10.0 Å².